The highest BCUT2D eigenvalue weighted by molar-refractivity contribution is 5.98. The average Bonchev–Trinajstić information content (AvgIpc) is 2.65. The molecule has 1 amide bonds. The van der Waals surface area contributed by atoms with Gasteiger partial charge in [0, 0.05) is 17.8 Å². The summed E-state index contributed by atoms with van der Waals surface area (Å²) in [6, 6.07) is 23.5. The first-order valence-electron chi connectivity index (χ1n) is 8.22. The third-order valence-electron chi connectivity index (χ3n) is 4.21. The molecule has 3 N–H and O–H groups in total. The number of amides is 1. The van der Waals surface area contributed by atoms with Crippen LogP contribution >= 0.6 is 0 Å². The largest absolute Gasteiger partial charge is 0.412 e. The van der Waals surface area contributed by atoms with Crippen molar-refractivity contribution in [1.82, 2.24) is 0 Å². The number of aryl methyl sites for hydroxylation is 1. The number of anilines is 1. The lowest BCUT2D eigenvalue weighted by atomic mass is 9.90. The van der Waals surface area contributed by atoms with Crippen LogP contribution in [0, 0.1) is 17.0 Å². The van der Waals surface area contributed by atoms with Crippen LogP contribution in [0.4, 0.5) is 11.4 Å². The molecule has 0 saturated heterocycles. The van der Waals surface area contributed by atoms with Crippen molar-refractivity contribution in [3.8, 4) is 0 Å². The molecule has 3 rings (SSSR count). The van der Waals surface area contributed by atoms with E-state index in [4.69, 9.17) is 0 Å². The molecular formula is C21H20N2O4. The van der Waals surface area contributed by atoms with Gasteiger partial charge in [-0.15, -0.1) is 0 Å². The van der Waals surface area contributed by atoms with Gasteiger partial charge in [0.25, 0.3) is 5.69 Å². The van der Waals surface area contributed by atoms with Gasteiger partial charge in [-0.3, -0.25) is 14.9 Å². The fourth-order valence-corrected chi connectivity index (χ4v) is 2.89. The van der Waals surface area contributed by atoms with Crippen LogP contribution in [-0.4, -0.2) is 16.3 Å². The average molecular weight is 364 g/mol. The van der Waals surface area contributed by atoms with Crippen LogP contribution in [0.1, 0.15) is 22.6 Å². The standard InChI is InChI=1S/C21H18N2O3.H2O/c1-15-14-18(23(25)26)12-13-19(15)22-21(24)20(16-8-4-2-5-9-16)17-10-6-3-7-11-17;/h2-14,20H,1H3,(H,22,24);1H2. The van der Waals surface area contributed by atoms with E-state index >= 15 is 0 Å². The SMILES string of the molecule is Cc1cc([N+](=O)[O-])ccc1NC(=O)C(c1ccccc1)c1ccccc1.O. The first-order chi connectivity index (χ1) is 12.6. The Kier molecular flexibility index (Phi) is 6.41. The Labute approximate surface area is 156 Å². The summed E-state index contributed by atoms with van der Waals surface area (Å²) in [5.74, 6) is -0.647. The summed E-state index contributed by atoms with van der Waals surface area (Å²) in [5, 5.41) is 13.8. The number of nitrogens with one attached hydrogen (secondary N) is 1. The van der Waals surface area contributed by atoms with Crippen molar-refractivity contribution < 1.29 is 15.2 Å². The van der Waals surface area contributed by atoms with E-state index in [1.54, 1.807) is 13.0 Å². The quantitative estimate of drug-likeness (QED) is 0.549. The Hall–Kier alpha value is -3.51. The molecule has 0 aromatic heterocycles. The first-order valence-corrected chi connectivity index (χ1v) is 8.22. The Morgan fingerprint density at radius 2 is 1.44 bits per heavy atom. The highest BCUT2D eigenvalue weighted by Crippen LogP contribution is 2.28. The molecule has 0 aliphatic carbocycles. The van der Waals surface area contributed by atoms with E-state index in [0.717, 1.165) is 11.1 Å². The molecule has 0 saturated carbocycles. The smallest absolute Gasteiger partial charge is 0.269 e. The van der Waals surface area contributed by atoms with Gasteiger partial charge in [-0.1, -0.05) is 60.7 Å². The second kappa shape index (κ2) is 8.73. The van der Waals surface area contributed by atoms with Crippen LogP contribution in [0.3, 0.4) is 0 Å². The van der Waals surface area contributed by atoms with Crippen LogP contribution in [0.15, 0.2) is 78.9 Å². The van der Waals surface area contributed by atoms with E-state index in [-0.39, 0.29) is 17.1 Å². The number of rotatable bonds is 5. The van der Waals surface area contributed by atoms with E-state index in [9.17, 15) is 14.9 Å². The molecule has 0 spiro atoms. The molecule has 3 aromatic rings. The Morgan fingerprint density at radius 1 is 0.926 bits per heavy atom. The summed E-state index contributed by atoms with van der Waals surface area (Å²) >= 11 is 0. The maximum Gasteiger partial charge on any atom is 0.269 e. The summed E-state index contributed by atoms with van der Waals surface area (Å²) in [5.41, 5.74) is 2.99. The van der Waals surface area contributed by atoms with Crippen LogP contribution < -0.4 is 5.32 Å². The molecule has 0 aliphatic heterocycles. The topological polar surface area (TPSA) is 104 Å². The predicted octanol–water partition coefficient (Wildman–Crippen LogP) is 3.85. The number of non-ortho nitro benzene ring substituents is 1. The van der Waals surface area contributed by atoms with Crippen molar-refractivity contribution in [3.63, 3.8) is 0 Å². The van der Waals surface area contributed by atoms with E-state index < -0.39 is 10.8 Å². The lowest BCUT2D eigenvalue weighted by Gasteiger charge is -2.18. The van der Waals surface area contributed by atoms with Gasteiger partial charge in [-0.25, -0.2) is 0 Å². The monoisotopic (exact) mass is 364 g/mol. The first kappa shape index (κ1) is 19.8. The van der Waals surface area contributed by atoms with Crippen LogP contribution in [0.25, 0.3) is 0 Å². The zero-order chi connectivity index (χ0) is 18.5. The summed E-state index contributed by atoms with van der Waals surface area (Å²) < 4.78 is 0. The number of hydrogen-bond acceptors (Lipinski definition) is 3. The van der Waals surface area contributed by atoms with Crippen molar-refractivity contribution in [2.45, 2.75) is 12.8 Å². The van der Waals surface area contributed by atoms with Crippen molar-refractivity contribution in [3.05, 3.63) is 106 Å². The molecule has 138 valence electrons. The lowest BCUT2D eigenvalue weighted by molar-refractivity contribution is -0.384. The molecule has 3 aromatic carbocycles. The fraction of sp³-hybridized carbons (Fsp3) is 0.0952. The number of nitrogens with zero attached hydrogens (tertiary/aromatic N) is 1. The van der Waals surface area contributed by atoms with Gasteiger partial charge >= 0.3 is 0 Å². The van der Waals surface area contributed by atoms with Crippen LogP contribution in [-0.2, 0) is 4.79 Å². The van der Waals surface area contributed by atoms with Gasteiger partial charge in [0.1, 0.15) is 0 Å². The van der Waals surface area contributed by atoms with E-state index in [0.29, 0.717) is 11.3 Å². The van der Waals surface area contributed by atoms with Crippen molar-refractivity contribution in [2.75, 3.05) is 5.32 Å². The minimum absolute atomic E-state index is 0. The van der Waals surface area contributed by atoms with Crippen molar-refractivity contribution >= 4 is 17.3 Å². The molecule has 0 heterocycles. The molecule has 0 atom stereocenters. The molecule has 27 heavy (non-hydrogen) atoms. The molecule has 6 heteroatoms. The van der Waals surface area contributed by atoms with Gasteiger partial charge in [0.05, 0.1) is 10.8 Å². The minimum Gasteiger partial charge on any atom is -0.412 e. The van der Waals surface area contributed by atoms with Gasteiger partial charge < -0.3 is 10.8 Å². The molecular weight excluding hydrogens is 344 g/mol. The number of nitro groups is 1. The number of benzene rings is 3. The summed E-state index contributed by atoms with van der Waals surface area (Å²) in [4.78, 5) is 23.5. The van der Waals surface area contributed by atoms with Gasteiger partial charge in [0.2, 0.25) is 5.91 Å². The maximum absolute atomic E-state index is 13.0. The number of hydrogen-bond donors (Lipinski definition) is 1. The summed E-state index contributed by atoms with van der Waals surface area (Å²) in [7, 11) is 0. The highest BCUT2D eigenvalue weighted by atomic mass is 16.6. The van der Waals surface area contributed by atoms with Crippen LogP contribution in [0.5, 0.6) is 0 Å². The van der Waals surface area contributed by atoms with Gasteiger partial charge in [0.15, 0.2) is 0 Å². The second-order valence-corrected chi connectivity index (χ2v) is 6.00. The molecule has 6 nitrogen and oxygen atoms in total. The molecule has 0 unspecified atom stereocenters. The van der Waals surface area contributed by atoms with Crippen LogP contribution in [0.2, 0.25) is 0 Å². The maximum atomic E-state index is 13.0. The molecule has 0 radical (unpaired) electrons. The molecule has 0 fully saturated rings. The highest BCUT2D eigenvalue weighted by Gasteiger charge is 2.23. The Balaban J connectivity index is 0.00000261. The third kappa shape index (κ3) is 4.56. The Morgan fingerprint density at radius 3 is 1.89 bits per heavy atom. The van der Waals surface area contributed by atoms with E-state index in [2.05, 4.69) is 5.32 Å². The van der Waals surface area contributed by atoms with E-state index in [1.165, 1.54) is 12.1 Å². The zero-order valence-electron chi connectivity index (χ0n) is 14.8. The minimum atomic E-state index is -0.466. The lowest BCUT2D eigenvalue weighted by Crippen LogP contribution is -2.22. The van der Waals surface area contributed by atoms with Crippen molar-refractivity contribution in [1.29, 1.82) is 0 Å². The third-order valence-corrected chi connectivity index (χ3v) is 4.21. The molecule has 0 bridgehead atoms. The number of carbonyl (C=O) groups is 1. The molecule has 0 aliphatic rings. The normalized spacial score (nSPS) is 10.1. The summed E-state index contributed by atoms with van der Waals surface area (Å²) in [6.07, 6.45) is 0. The van der Waals surface area contributed by atoms with E-state index in [1.807, 2.05) is 60.7 Å². The fourth-order valence-electron chi connectivity index (χ4n) is 2.89. The Bertz CT molecular complexity index is 888. The number of carbonyl (C=O) groups excluding carboxylic acids is 1. The van der Waals surface area contributed by atoms with Gasteiger partial charge in [-0.2, -0.15) is 0 Å². The van der Waals surface area contributed by atoms with Gasteiger partial charge in [-0.05, 0) is 29.7 Å². The predicted molar refractivity (Wildman–Crippen MR) is 105 cm³/mol. The summed E-state index contributed by atoms with van der Waals surface area (Å²) in [6.45, 7) is 1.74. The second-order valence-electron chi connectivity index (χ2n) is 6.00. The number of nitro benzene ring substituents is 1. The zero-order valence-corrected chi connectivity index (χ0v) is 14.8. The van der Waals surface area contributed by atoms with Crippen molar-refractivity contribution in [2.24, 2.45) is 0 Å².